The molecule has 0 saturated carbocycles. The summed E-state index contributed by atoms with van der Waals surface area (Å²) >= 11 is 0. The molecule has 30 heavy (non-hydrogen) atoms. The topological polar surface area (TPSA) is 81.7 Å². The molecular formula is C24H19NO5. The lowest BCUT2D eigenvalue weighted by molar-refractivity contribution is -0.118. The Kier molecular flexibility index (Phi) is 5.57. The van der Waals surface area contributed by atoms with E-state index in [9.17, 15) is 14.4 Å². The summed E-state index contributed by atoms with van der Waals surface area (Å²) < 4.78 is 10.6. The maximum absolute atomic E-state index is 12.6. The molecule has 1 amide bonds. The molecule has 1 aliphatic rings. The van der Waals surface area contributed by atoms with Crippen LogP contribution >= 0.6 is 0 Å². The fourth-order valence-corrected chi connectivity index (χ4v) is 3.24. The molecule has 1 aliphatic heterocycles. The number of anilines is 1. The Balaban J connectivity index is 1.43. The summed E-state index contributed by atoms with van der Waals surface area (Å²) in [7, 11) is 0. The highest BCUT2D eigenvalue weighted by Gasteiger charge is 2.19. The van der Waals surface area contributed by atoms with E-state index in [4.69, 9.17) is 9.47 Å². The highest BCUT2D eigenvalue weighted by atomic mass is 16.5. The third kappa shape index (κ3) is 4.38. The number of benzene rings is 3. The number of amides is 1. The number of esters is 1. The first-order valence-corrected chi connectivity index (χ1v) is 9.49. The predicted molar refractivity (Wildman–Crippen MR) is 111 cm³/mol. The van der Waals surface area contributed by atoms with Crippen LogP contribution in [0.3, 0.4) is 0 Å². The number of carbonyl (C=O) groups excluding carboxylic acids is 3. The second-order valence-electron chi connectivity index (χ2n) is 6.87. The molecule has 3 aromatic carbocycles. The number of ketones is 1. The highest BCUT2D eigenvalue weighted by Crippen LogP contribution is 2.28. The average Bonchev–Trinajstić information content (AvgIpc) is 2.77. The zero-order chi connectivity index (χ0) is 20.9. The Labute approximate surface area is 173 Å². The first kappa shape index (κ1) is 19.4. The average molecular weight is 401 g/mol. The Morgan fingerprint density at radius 3 is 2.57 bits per heavy atom. The number of hydrogen-bond donors (Lipinski definition) is 1. The number of carbonyl (C=O) groups is 3. The molecule has 3 aromatic rings. The van der Waals surface area contributed by atoms with Crippen molar-refractivity contribution in [3.63, 3.8) is 0 Å². The van der Waals surface area contributed by atoms with Crippen molar-refractivity contribution < 1.29 is 23.9 Å². The van der Waals surface area contributed by atoms with Gasteiger partial charge in [0.1, 0.15) is 5.75 Å². The third-order valence-corrected chi connectivity index (χ3v) is 4.74. The van der Waals surface area contributed by atoms with E-state index < -0.39 is 12.6 Å². The summed E-state index contributed by atoms with van der Waals surface area (Å²) in [6, 6.07) is 21.7. The lowest BCUT2D eigenvalue weighted by Crippen LogP contribution is -2.25. The zero-order valence-corrected chi connectivity index (χ0v) is 16.1. The number of ether oxygens (including phenoxy) is 2. The SMILES string of the molecule is O=C1COc2ccc(C(=O)COC(=O)c3ccccc3Cc3ccccc3)cc2N1. The molecule has 0 radical (unpaired) electrons. The minimum Gasteiger partial charge on any atom is -0.482 e. The molecular weight excluding hydrogens is 382 g/mol. The van der Waals surface area contributed by atoms with E-state index in [0.717, 1.165) is 11.1 Å². The van der Waals surface area contributed by atoms with Crippen LogP contribution in [0.2, 0.25) is 0 Å². The van der Waals surface area contributed by atoms with Crippen molar-refractivity contribution in [2.45, 2.75) is 6.42 Å². The van der Waals surface area contributed by atoms with Gasteiger partial charge in [-0.3, -0.25) is 9.59 Å². The molecule has 1 N–H and O–H groups in total. The van der Waals surface area contributed by atoms with E-state index in [1.54, 1.807) is 24.3 Å². The van der Waals surface area contributed by atoms with Crippen LogP contribution < -0.4 is 10.1 Å². The normalized spacial score (nSPS) is 12.3. The number of Topliss-reactive ketones (excluding diaryl/α,β-unsaturated/α-hetero) is 1. The Hall–Kier alpha value is -3.93. The van der Waals surface area contributed by atoms with Crippen molar-refractivity contribution >= 4 is 23.3 Å². The van der Waals surface area contributed by atoms with Gasteiger partial charge in [-0.25, -0.2) is 4.79 Å². The molecule has 0 saturated heterocycles. The van der Waals surface area contributed by atoms with Crippen LogP contribution in [0.5, 0.6) is 5.75 Å². The van der Waals surface area contributed by atoms with Crippen molar-refractivity contribution in [3.8, 4) is 5.75 Å². The van der Waals surface area contributed by atoms with E-state index in [0.29, 0.717) is 29.0 Å². The van der Waals surface area contributed by atoms with Crippen LogP contribution in [0.4, 0.5) is 5.69 Å². The molecule has 6 nitrogen and oxygen atoms in total. The molecule has 4 rings (SSSR count). The number of rotatable bonds is 6. The number of nitrogens with one attached hydrogen (secondary N) is 1. The fourth-order valence-electron chi connectivity index (χ4n) is 3.24. The molecule has 0 aliphatic carbocycles. The largest absolute Gasteiger partial charge is 0.482 e. The summed E-state index contributed by atoms with van der Waals surface area (Å²) in [4.78, 5) is 36.6. The Morgan fingerprint density at radius 1 is 0.967 bits per heavy atom. The second kappa shape index (κ2) is 8.61. The van der Waals surface area contributed by atoms with Gasteiger partial charge in [0.15, 0.2) is 19.0 Å². The molecule has 0 bridgehead atoms. The molecule has 0 spiro atoms. The quantitative estimate of drug-likeness (QED) is 0.504. The van der Waals surface area contributed by atoms with Gasteiger partial charge in [-0.05, 0) is 41.8 Å². The van der Waals surface area contributed by atoms with Gasteiger partial charge in [-0.1, -0.05) is 48.5 Å². The minimum atomic E-state index is -0.551. The Morgan fingerprint density at radius 2 is 1.73 bits per heavy atom. The van der Waals surface area contributed by atoms with Gasteiger partial charge in [0.2, 0.25) is 0 Å². The standard InChI is InChI=1S/C24H19NO5/c26-21(18-10-11-22-20(13-18)25-23(27)15-29-22)14-30-24(28)19-9-5-4-8-17(19)12-16-6-2-1-3-7-16/h1-11,13H,12,14-15H2,(H,25,27). The highest BCUT2D eigenvalue weighted by molar-refractivity contribution is 6.02. The van der Waals surface area contributed by atoms with Gasteiger partial charge in [0, 0.05) is 5.56 Å². The maximum Gasteiger partial charge on any atom is 0.338 e. The summed E-state index contributed by atoms with van der Waals surface area (Å²) in [5.41, 5.74) is 3.09. The van der Waals surface area contributed by atoms with E-state index >= 15 is 0 Å². The van der Waals surface area contributed by atoms with Crippen LogP contribution in [0.25, 0.3) is 0 Å². The lowest BCUT2D eigenvalue weighted by Gasteiger charge is -2.18. The van der Waals surface area contributed by atoms with Crippen LogP contribution in [-0.2, 0) is 16.0 Å². The van der Waals surface area contributed by atoms with E-state index in [1.165, 1.54) is 6.07 Å². The van der Waals surface area contributed by atoms with Gasteiger partial charge >= 0.3 is 5.97 Å². The van der Waals surface area contributed by atoms with Crippen molar-refractivity contribution in [2.75, 3.05) is 18.5 Å². The van der Waals surface area contributed by atoms with E-state index in [2.05, 4.69) is 5.32 Å². The molecule has 0 fully saturated rings. The summed E-state index contributed by atoms with van der Waals surface area (Å²) in [5, 5.41) is 2.65. The third-order valence-electron chi connectivity index (χ3n) is 4.74. The van der Waals surface area contributed by atoms with Gasteiger partial charge in [0.25, 0.3) is 5.91 Å². The molecule has 0 unspecified atom stereocenters. The van der Waals surface area contributed by atoms with Crippen molar-refractivity contribution in [2.24, 2.45) is 0 Å². The first-order valence-electron chi connectivity index (χ1n) is 9.49. The van der Waals surface area contributed by atoms with Crippen molar-refractivity contribution in [1.82, 2.24) is 0 Å². The van der Waals surface area contributed by atoms with Crippen LogP contribution in [0.1, 0.15) is 31.8 Å². The monoisotopic (exact) mass is 401 g/mol. The number of fused-ring (bicyclic) bond motifs is 1. The van der Waals surface area contributed by atoms with Crippen LogP contribution in [-0.4, -0.2) is 30.9 Å². The zero-order valence-electron chi connectivity index (χ0n) is 16.1. The van der Waals surface area contributed by atoms with Gasteiger partial charge in [-0.15, -0.1) is 0 Å². The Bertz CT molecular complexity index is 1110. The van der Waals surface area contributed by atoms with E-state index in [1.807, 2.05) is 42.5 Å². The van der Waals surface area contributed by atoms with Gasteiger partial charge in [0.05, 0.1) is 11.3 Å². The lowest BCUT2D eigenvalue weighted by atomic mass is 10.00. The van der Waals surface area contributed by atoms with Gasteiger partial charge in [-0.2, -0.15) is 0 Å². The molecule has 1 heterocycles. The van der Waals surface area contributed by atoms with Gasteiger partial charge < -0.3 is 14.8 Å². The van der Waals surface area contributed by atoms with Crippen molar-refractivity contribution in [3.05, 3.63) is 95.1 Å². The van der Waals surface area contributed by atoms with Crippen molar-refractivity contribution in [1.29, 1.82) is 0 Å². The number of hydrogen-bond acceptors (Lipinski definition) is 5. The fraction of sp³-hybridized carbons (Fsp3) is 0.125. The van der Waals surface area contributed by atoms with Crippen LogP contribution in [0, 0.1) is 0 Å². The maximum atomic E-state index is 12.6. The van der Waals surface area contributed by atoms with Crippen LogP contribution in [0.15, 0.2) is 72.8 Å². The first-order chi connectivity index (χ1) is 14.6. The smallest absolute Gasteiger partial charge is 0.338 e. The predicted octanol–water partition coefficient (Wildman–Crippen LogP) is 3.65. The molecule has 6 heteroatoms. The molecule has 150 valence electrons. The van der Waals surface area contributed by atoms with E-state index in [-0.39, 0.29) is 18.3 Å². The summed E-state index contributed by atoms with van der Waals surface area (Å²) in [5.74, 6) is -0.706. The summed E-state index contributed by atoms with van der Waals surface area (Å²) in [6.45, 7) is -0.452. The minimum absolute atomic E-state index is 0.0553. The second-order valence-corrected chi connectivity index (χ2v) is 6.87. The molecule has 0 atom stereocenters. The molecule has 0 aromatic heterocycles. The summed E-state index contributed by atoms with van der Waals surface area (Å²) in [6.07, 6.45) is 0.588.